The van der Waals surface area contributed by atoms with Gasteiger partial charge in [0.25, 0.3) is 5.56 Å². The maximum Gasteiger partial charge on any atom is 0.329 e. The van der Waals surface area contributed by atoms with Crippen molar-refractivity contribution >= 4 is 22.5 Å². The summed E-state index contributed by atoms with van der Waals surface area (Å²) in [6, 6.07) is 11.5. The minimum absolute atomic E-state index is 0.254. The van der Waals surface area contributed by atoms with E-state index in [1.807, 2.05) is 0 Å². The van der Waals surface area contributed by atoms with E-state index in [4.69, 9.17) is 9.47 Å². The molecule has 26 heavy (non-hydrogen) atoms. The van der Waals surface area contributed by atoms with E-state index in [1.165, 1.54) is 18.8 Å². The third kappa shape index (κ3) is 3.44. The Morgan fingerprint density at radius 3 is 2.38 bits per heavy atom. The summed E-state index contributed by atoms with van der Waals surface area (Å²) in [4.78, 5) is 38.6. The Bertz CT molecular complexity index is 1060. The molecule has 1 heterocycles. The first kappa shape index (κ1) is 17.3. The van der Waals surface area contributed by atoms with Gasteiger partial charge < -0.3 is 14.8 Å². The van der Waals surface area contributed by atoms with Gasteiger partial charge in [0.15, 0.2) is 0 Å². The number of hydrogen-bond donors (Lipinski definition) is 2. The number of hydrogen-bond acceptors (Lipinski definition) is 5. The number of amides is 1. The predicted molar refractivity (Wildman–Crippen MR) is 97.0 cm³/mol. The molecule has 0 radical (unpaired) electrons. The van der Waals surface area contributed by atoms with E-state index >= 15 is 0 Å². The Labute approximate surface area is 148 Å². The van der Waals surface area contributed by atoms with E-state index in [0.29, 0.717) is 28.1 Å². The quantitative estimate of drug-likeness (QED) is 0.719. The molecular weight excluding hydrogens is 338 g/mol. The van der Waals surface area contributed by atoms with Crippen molar-refractivity contribution < 1.29 is 14.3 Å². The second-order valence-corrected chi connectivity index (χ2v) is 5.51. The highest BCUT2D eigenvalue weighted by molar-refractivity contribution is 5.92. The molecule has 3 rings (SSSR count). The fourth-order valence-electron chi connectivity index (χ4n) is 2.62. The summed E-state index contributed by atoms with van der Waals surface area (Å²) in [7, 11) is 3.01. The van der Waals surface area contributed by atoms with Crippen LogP contribution >= 0.6 is 0 Å². The van der Waals surface area contributed by atoms with Gasteiger partial charge in [-0.05, 0) is 12.1 Å². The zero-order valence-corrected chi connectivity index (χ0v) is 14.2. The lowest BCUT2D eigenvalue weighted by atomic mass is 10.2. The monoisotopic (exact) mass is 355 g/mol. The molecule has 2 aromatic carbocycles. The van der Waals surface area contributed by atoms with Gasteiger partial charge in [-0.15, -0.1) is 0 Å². The molecular formula is C18H17N3O5. The maximum atomic E-state index is 12.4. The number of ether oxygens (including phenoxy) is 2. The number of para-hydroxylation sites is 1. The highest BCUT2D eigenvalue weighted by Crippen LogP contribution is 2.25. The highest BCUT2D eigenvalue weighted by atomic mass is 16.5. The van der Waals surface area contributed by atoms with Crippen molar-refractivity contribution in [2.75, 3.05) is 19.5 Å². The van der Waals surface area contributed by atoms with Crippen LogP contribution in [0.3, 0.4) is 0 Å². The number of aromatic nitrogens is 2. The van der Waals surface area contributed by atoms with Crippen molar-refractivity contribution in [1.82, 2.24) is 9.55 Å². The lowest BCUT2D eigenvalue weighted by Crippen LogP contribution is -2.34. The van der Waals surface area contributed by atoms with Crippen LogP contribution in [-0.2, 0) is 11.3 Å². The van der Waals surface area contributed by atoms with E-state index in [2.05, 4.69) is 10.3 Å². The normalized spacial score (nSPS) is 10.5. The summed E-state index contributed by atoms with van der Waals surface area (Å²) < 4.78 is 11.5. The van der Waals surface area contributed by atoms with Gasteiger partial charge in [0.05, 0.1) is 25.1 Å². The molecule has 0 aliphatic carbocycles. The van der Waals surface area contributed by atoms with Crippen LogP contribution in [0.2, 0.25) is 0 Å². The van der Waals surface area contributed by atoms with Crippen molar-refractivity contribution in [1.29, 1.82) is 0 Å². The Balaban J connectivity index is 1.91. The van der Waals surface area contributed by atoms with Crippen molar-refractivity contribution in [2.24, 2.45) is 0 Å². The Morgan fingerprint density at radius 1 is 1.08 bits per heavy atom. The topological polar surface area (TPSA) is 102 Å². The lowest BCUT2D eigenvalue weighted by molar-refractivity contribution is -0.116. The average molecular weight is 355 g/mol. The fraction of sp³-hybridized carbons (Fsp3) is 0.167. The van der Waals surface area contributed by atoms with Gasteiger partial charge in [0.2, 0.25) is 5.91 Å². The average Bonchev–Trinajstić information content (AvgIpc) is 2.64. The smallest absolute Gasteiger partial charge is 0.329 e. The number of carbonyl (C=O) groups excluding carboxylic acids is 1. The first-order chi connectivity index (χ1) is 12.5. The van der Waals surface area contributed by atoms with Crippen LogP contribution < -0.4 is 26.0 Å². The number of carbonyl (C=O) groups is 1. The standard InChI is InChI=1S/C18H17N3O5/c1-25-12-7-11(8-13(9-12)26-2)19-16(22)10-21-15-6-4-3-5-14(15)17(23)20-18(21)24/h3-9H,10H2,1-2H3,(H,19,22)(H,20,23,24). The molecule has 0 aliphatic heterocycles. The van der Waals surface area contributed by atoms with Gasteiger partial charge in [0.1, 0.15) is 18.0 Å². The molecule has 0 aliphatic rings. The molecule has 3 aromatic rings. The molecule has 1 aromatic heterocycles. The third-order valence-corrected chi connectivity index (χ3v) is 3.84. The number of anilines is 1. The molecule has 0 spiro atoms. The molecule has 0 fully saturated rings. The fourth-order valence-corrected chi connectivity index (χ4v) is 2.62. The molecule has 0 unspecified atom stereocenters. The largest absolute Gasteiger partial charge is 0.497 e. The number of nitrogens with zero attached hydrogens (tertiary/aromatic N) is 1. The summed E-state index contributed by atoms with van der Waals surface area (Å²) in [5, 5.41) is 3.03. The molecule has 0 bridgehead atoms. The minimum Gasteiger partial charge on any atom is -0.497 e. The minimum atomic E-state index is -0.646. The predicted octanol–water partition coefficient (Wildman–Crippen LogP) is 1.35. The maximum absolute atomic E-state index is 12.4. The summed E-state index contributed by atoms with van der Waals surface area (Å²) >= 11 is 0. The van der Waals surface area contributed by atoms with Crippen LogP contribution in [0.4, 0.5) is 5.69 Å². The Hall–Kier alpha value is -3.55. The third-order valence-electron chi connectivity index (χ3n) is 3.84. The number of benzene rings is 2. The molecule has 134 valence electrons. The molecule has 0 saturated carbocycles. The molecule has 8 heteroatoms. The van der Waals surface area contributed by atoms with Crippen LogP contribution in [0.15, 0.2) is 52.1 Å². The number of H-pyrrole nitrogens is 1. The number of methoxy groups -OCH3 is 2. The SMILES string of the molecule is COc1cc(NC(=O)Cn2c(=O)[nH]c(=O)c3ccccc32)cc(OC)c1. The number of nitrogens with one attached hydrogen (secondary N) is 2. The van der Waals surface area contributed by atoms with Crippen molar-refractivity contribution in [2.45, 2.75) is 6.54 Å². The van der Waals surface area contributed by atoms with Crippen LogP contribution in [0.5, 0.6) is 11.5 Å². The number of rotatable bonds is 5. The molecule has 0 atom stereocenters. The van der Waals surface area contributed by atoms with Gasteiger partial charge >= 0.3 is 5.69 Å². The van der Waals surface area contributed by atoms with Crippen LogP contribution in [-0.4, -0.2) is 29.7 Å². The molecule has 0 saturated heterocycles. The van der Waals surface area contributed by atoms with Crippen LogP contribution in [0.25, 0.3) is 10.9 Å². The van der Waals surface area contributed by atoms with Crippen molar-refractivity contribution in [3.63, 3.8) is 0 Å². The van der Waals surface area contributed by atoms with Crippen LogP contribution in [0, 0.1) is 0 Å². The van der Waals surface area contributed by atoms with Gasteiger partial charge in [-0.25, -0.2) is 4.79 Å². The Morgan fingerprint density at radius 2 is 1.73 bits per heavy atom. The second-order valence-electron chi connectivity index (χ2n) is 5.51. The van der Waals surface area contributed by atoms with Gasteiger partial charge in [0, 0.05) is 23.9 Å². The molecule has 8 nitrogen and oxygen atoms in total. The molecule has 2 N–H and O–H groups in total. The van der Waals surface area contributed by atoms with E-state index < -0.39 is 17.2 Å². The summed E-state index contributed by atoms with van der Waals surface area (Å²) in [6.07, 6.45) is 0. The zero-order valence-electron chi connectivity index (χ0n) is 14.2. The van der Waals surface area contributed by atoms with E-state index in [1.54, 1.807) is 42.5 Å². The summed E-state index contributed by atoms with van der Waals surface area (Å²) in [5.74, 6) is 0.609. The number of fused-ring (bicyclic) bond motifs is 1. The number of aromatic amines is 1. The van der Waals surface area contributed by atoms with Crippen LogP contribution in [0.1, 0.15) is 0 Å². The summed E-state index contributed by atoms with van der Waals surface area (Å²) in [6.45, 7) is -0.254. The first-order valence-electron chi connectivity index (χ1n) is 7.76. The summed E-state index contributed by atoms with van der Waals surface area (Å²) in [5.41, 5.74) is -0.278. The zero-order chi connectivity index (χ0) is 18.7. The first-order valence-corrected chi connectivity index (χ1v) is 7.76. The van der Waals surface area contributed by atoms with Gasteiger partial charge in [-0.3, -0.25) is 19.1 Å². The van der Waals surface area contributed by atoms with E-state index in [0.717, 1.165) is 0 Å². The van der Waals surface area contributed by atoms with Gasteiger partial charge in [-0.2, -0.15) is 0 Å². The van der Waals surface area contributed by atoms with Crippen molar-refractivity contribution in [3.8, 4) is 11.5 Å². The Kier molecular flexibility index (Phi) is 4.74. The van der Waals surface area contributed by atoms with E-state index in [9.17, 15) is 14.4 Å². The molecule has 1 amide bonds. The second kappa shape index (κ2) is 7.14. The highest BCUT2D eigenvalue weighted by Gasteiger charge is 2.12. The lowest BCUT2D eigenvalue weighted by Gasteiger charge is -2.12. The van der Waals surface area contributed by atoms with Crippen molar-refractivity contribution in [3.05, 3.63) is 63.3 Å². The van der Waals surface area contributed by atoms with Gasteiger partial charge in [-0.1, -0.05) is 12.1 Å². The van der Waals surface area contributed by atoms with E-state index in [-0.39, 0.29) is 6.54 Å².